The largest absolute Gasteiger partial charge is 0.381 e. The Balaban J connectivity index is 1.96. The van der Waals surface area contributed by atoms with E-state index in [1.807, 2.05) is 0 Å². The minimum atomic E-state index is 0.494. The second-order valence-corrected chi connectivity index (χ2v) is 3.19. The lowest BCUT2D eigenvalue weighted by Gasteiger charge is -2.00. The van der Waals surface area contributed by atoms with Gasteiger partial charge in [-0.05, 0) is 18.4 Å². The highest BCUT2D eigenvalue weighted by atomic mass is 16.5. The van der Waals surface area contributed by atoms with E-state index in [0.29, 0.717) is 11.8 Å². The summed E-state index contributed by atoms with van der Waals surface area (Å²) in [5.41, 5.74) is 0. The molecule has 0 radical (unpaired) electrons. The molecular weight excluding hydrogens is 168 g/mol. The van der Waals surface area contributed by atoms with Crippen LogP contribution in [0.5, 0.6) is 0 Å². The van der Waals surface area contributed by atoms with E-state index in [2.05, 4.69) is 16.7 Å². The molecule has 0 amide bonds. The average Bonchev–Trinajstić information content (AvgIpc) is 2.76. The highest BCUT2D eigenvalue weighted by Gasteiger charge is 2.18. The van der Waals surface area contributed by atoms with Crippen LogP contribution in [0.4, 0.5) is 0 Å². The van der Waals surface area contributed by atoms with Crippen LogP contribution < -0.4 is 0 Å². The molecule has 4 nitrogen and oxygen atoms in total. The van der Waals surface area contributed by atoms with E-state index >= 15 is 0 Å². The third kappa shape index (κ3) is 1.95. The molecule has 1 atom stereocenters. The van der Waals surface area contributed by atoms with Crippen molar-refractivity contribution in [2.75, 3.05) is 13.2 Å². The molecule has 1 saturated heterocycles. The number of nitrogens with zero attached hydrogens (tertiary/aromatic N) is 2. The third-order valence-electron chi connectivity index (χ3n) is 2.15. The smallest absolute Gasteiger partial charge is 0.250 e. The van der Waals surface area contributed by atoms with Gasteiger partial charge in [-0.2, -0.15) is 4.98 Å². The lowest BCUT2D eigenvalue weighted by atomic mass is 10.1. The first-order valence-electron chi connectivity index (χ1n) is 4.41. The molecule has 0 saturated carbocycles. The third-order valence-corrected chi connectivity index (χ3v) is 2.15. The van der Waals surface area contributed by atoms with Crippen LogP contribution in [-0.2, 0) is 11.2 Å². The van der Waals surface area contributed by atoms with Crippen LogP contribution in [0.2, 0.25) is 0 Å². The Hall–Kier alpha value is -1.16. The average molecular weight is 180 g/mol. The topological polar surface area (TPSA) is 48.2 Å². The van der Waals surface area contributed by atoms with E-state index in [-0.39, 0.29) is 0 Å². The molecule has 4 heteroatoms. The van der Waals surface area contributed by atoms with Crippen LogP contribution >= 0.6 is 0 Å². The molecule has 1 aromatic heterocycles. The fourth-order valence-corrected chi connectivity index (χ4v) is 1.44. The normalized spacial score (nSPS) is 22.0. The second kappa shape index (κ2) is 3.70. The van der Waals surface area contributed by atoms with Gasteiger partial charge in [-0.25, -0.2) is 0 Å². The summed E-state index contributed by atoms with van der Waals surface area (Å²) < 4.78 is 10.2. The summed E-state index contributed by atoms with van der Waals surface area (Å²) in [6.45, 7) is 5.23. The van der Waals surface area contributed by atoms with Gasteiger partial charge in [-0.15, -0.1) is 0 Å². The first kappa shape index (κ1) is 8.44. The molecule has 1 aliphatic heterocycles. The molecule has 0 N–H and O–H groups in total. The van der Waals surface area contributed by atoms with Crippen molar-refractivity contribution in [3.63, 3.8) is 0 Å². The van der Waals surface area contributed by atoms with Crippen molar-refractivity contribution < 1.29 is 9.26 Å². The van der Waals surface area contributed by atoms with Gasteiger partial charge in [0, 0.05) is 19.6 Å². The van der Waals surface area contributed by atoms with Gasteiger partial charge >= 0.3 is 0 Å². The van der Waals surface area contributed by atoms with Crippen molar-refractivity contribution in [3.8, 4) is 0 Å². The Bertz CT molecular complexity index is 290. The number of hydrogen-bond donors (Lipinski definition) is 0. The number of rotatable bonds is 3. The standard InChI is InChI=1S/C9H12N2O2/c1-2-9-10-8(11-13-9)5-7-3-4-12-6-7/h2,7H,1,3-6H2. The maximum absolute atomic E-state index is 5.26. The fraction of sp³-hybridized carbons (Fsp3) is 0.556. The molecule has 0 aromatic carbocycles. The van der Waals surface area contributed by atoms with Crippen molar-refractivity contribution in [2.45, 2.75) is 12.8 Å². The maximum atomic E-state index is 5.26. The summed E-state index contributed by atoms with van der Waals surface area (Å²) in [5, 5.41) is 3.84. The Kier molecular flexibility index (Phi) is 2.40. The molecule has 0 bridgehead atoms. The van der Waals surface area contributed by atoms with E-state index < -0.39 is 0 Å². The Morgan fingerprint density at radius 1 is 1.62 bits per heavy atom. The predicted molar refractivity (Wildman–Crippen MR) is 47.0 cm³/mol. The van der Waals surface area contributed by atoms with Crippen molar-refractivity contribution in [1.82, 2.24) is 10.1 Å². The molecule has 13 heavy (non-hydrogen) atoms. The molecule has 1 unspecified atom stereocenters. The van der Waals surface area contributed by atoms with Crippen LogP contribution in [-0.4, -0.2) is 23.4 Å². The number of aromatic nitrogens is 2. The predicted octanol–water partition coefficient (Wildman–Crippen LogP) is 1.29. The fourth-order valence-electron chi connectivity index (χ4n) is 1.44. The van der Waals surface area contributed by atoms with Crippen molar-refractivity contribution in [3.05, 3.63) is 18.3 Å². The first-order valence-corrected chi connectivity index (χ1v) is 4.41. The zero-order valence-corrected chi connectivity index (χ0v) is 7.40. The van der Waals surface area contributed by atoms with E-state index in [0.717, 1.165) is 31.9 Å². The lowest BCUT2D eigenvalue weighted by molar-refractivity contribution is 0.185. The maximum Gasteiger partial charge on any atom is 0.250 e. The van der Waals surface area contributed by atoms with Gasteiger partial charge < -0.3 is 9.26 Å². The molecule has 2 rings (SSSR count). The van der Waals surface area contributed by atoms with Crippen molar-refractivity contribution >= 4 is 6.08 Å². The van der Waals surface area contributed by atoms with Crippen LogP contribution in [0.3, 0.4) is 0 Å². The molecule has 1 aliphatic rings. The Morgan fingerprint density at radius 3 is 3.15 bits per heavy atom. The molecule has 70 valence electrons. The number of ether oxygens (including phenoxy) is 1. The summed E-state index contributed by atoms with van der Waals surface area (Å²) >= 11 is 0. The van der Waals surface area contributed by atoms with E-state index in [1.165, 1.54) is 0 Å². The molecule has 0 aliphatic carbocycles. The lowest BCUT2D eigenvalue weighted by Crippen LogP contribution is -2.04. The van der Waals surface area contributed by atoms with E-state index in [4.69, 9.17) is 9.26 Å². The summed E-state index contributed by atoms with van der Waals surface area (Å²) in [4.78, 5) is 4.14. The summed E-state index contributed by atoms with van der Waals surface area (Å²) in [7, 11) is 0. The van der Waals surface area contributed by atoms with Crippen molar-refractivity contribution in [1.29, 1.82) is 0 Å². The quantitative estimate of drug-likeness (QED) is 0.703. The summed E-state index contributed by atoms with van der Waals surface area (Å²) in [6.07, 6.45) is 3.50. The van der Waals surface area contributed by atoms with E-state index in [1.54, 1.807) is 6.08 Å². The zero-order chi connectivity index (χ0) is 9.10. The number of hydrogen-bond acceptors (Lipinski definition) is 4. The molecule has 0 spiro atoms. The Morgan fingerprint density at radius 2 is 2.54 bits per heavy atom. The molecular formula is C9H12N2O2. The van der Waals surface area contributed by atoms with Gasteiger partial charge in [0.25, 0.3) is 0 Å². The van der Waals surface area contributed by atoms with E-state index in [9.17, 15) is 0 Å². The molecule has 1 aromatic rings. The van der Waals surface area contributed by atoms with Crippen LogP contribution in [0.1, 0.15) is 18.1 Å². The Labute approximate surface area is 76.6 Å². The minimum Gasteiger partial charge on any atom is -0.381 e. The van der Waals surface area contributed by atoms with Gasteiger partial charge in [0.15, 0.2) is 5.82 Å². The highest BCUT2D eigenvalue weighted by molar-refractivity contribution is 5.32. The van der Waals surface area contributed by atoms with Gasteiger partial charge in [0.2, 0.25) is 5.89 Å². The summed E-state index contributed by atoms with van der Waals surface area (Å²) in [5.74, 6) is 1.80. The SMILES string of the molecule is C=Cc1nc(CC2CCOC2)no1. The van der Waals surface area contributed by atoms with Gasteiger partial charge in [-0.3, -0.25) is 0 Å². The first-order chi connectivity index (χ1) is 6.38. The monoisotopic (exact) mass is 180 g/mol. The van der Waals surface area contributed by atoms with Crippen LogP contribution in [0, 0.1) is 5.92 Å². The van der Waals surface area contributed by atoms with Gasteiger partial charge in [-0.1, -0.05) is 11.7 Å². The molecule has 1 fully saturated rings. The van der Waals surface area contributed by atoms with Crippen LogP contribution in [0.15, 0.2) is 11.1 Å². The highest BCUT2D eigenvalue weighted by Crippen LogP contribution is 2.16. The molecule has 2 heterocycles. The van der Waals surface area contributed by atoms with Crippen molar-refractivity contribution in [2.24, 2.45) is 5.92 Å². The van der Waals surface area contributed by atoms with Crippen LogP contribution in [0.25, 0.3) is 6.08 Å². The van der Waals surface area contributed by atoms with Gasteiger partial charge in [0.05, 0.1) is 0 Å². The second-order valence-electron chi connectivity index (χ2n) is 3.19. The summed E-state index contributed by atoms with van der Waals surface area (Å²) in [6, 6.07) is 0. The zero-order valence-electron chi connectivity index (χ0n) is 7.40. The van der Waals surface area contributed by atoms with Gasteiger partial charge in [0.1, 0.15) is 0 Å². The minimum absolute atomic E-state index is 0.494.